The first-order chi connectivity index (χ1) is 9.79. The number of nitrogens with two attached hydrogens (primary N) is 1. The van der Waals surface area contributed by atoms with E-state index in [4.69, 9.17) is 5.73 Å². The van der Waals surface area contributed by atoms with Gasteiger partial charge < -0.3 is 11.1 Å². The monoisotopic (exact) mass is 368 g/mol. The minimum atomic E-state index is -3.43. The van der Waals surface area contributed by atoms with Crippen molar-refractivity contribution >= 4 is 43.0 Å². The second-order valence-electron chi connectivity index (χ2n) is 4.46. The molecule has 2 aromatic rings. The zero-order chi connectivity index (χ0) is 15.6. The lowest BCUT2D eigenvalue weighted by molar-refractivity contribution is 0.102. The van der Waals surface area contributed by atoms with Crippen molar-refractivity contribution in [3.05, 3.63) is 52.5 Å². The van der Waals surface area contributed by atoms with E-state index in [1.165, 1.54) is 18.2 Å². The Labute approximate surface area is 131 Å². The highest BCUT2D eigenvalue weighted by molar-refractivity contribution is 9.10. The number of carbonyl (C=O) groups excluding carboxylic acids is 1. The van der Waals surface area contributed by atoms with Gasteiger partial charge in [0.15, 0.2) is 9.84 Å². The average molecular weight is 369 g/mol. The fraction of sp³-hybridized carbons (Fsp3) is 0.0714. The van der Waals surface area contributed by atoms with Crippen LogP contribution in [0.4, 0.5) is 11.4 Å². The van der Waals surface area contributed by atoms with Gasteiger partial charge in [0.25, 0.3) is 5.91 Å². The molecule has 0 unspecified atom stereocenters. The van der Waals surface area contributed by atoms with E-state index in [2.05, 4.69) is 21.2 Å². The summed E-state index contributed by atoms with van der Waals surface area (Å²) < 4.78 is 24.0. The lowest BCUT2D eigenvalue weighted by Gasteiger charge is -2.11. The van der Waals surface area contributed by atoms with Crippen molar-refractivity contribution in [2.45, 2.75) is 4.90 Å². The predicted octanol–water partition coefficient (Wildman–Crippen LogP) is 2.69. The van der Waals surface area contributed by atoms with E-state index in [1.54, 1.807) is 24.3 Å². The van der Waals surface area contributed by atoms with Crippen molar-refractivity contribution in [2.75, 3.05) is 17.3 Å². The van der Waals surface area contributed by atoms with Crippen LogP contribution in [0.2, 0.25) is 0 Å². The van der Waals surface area contributed by atoms with Gasteiger partial charge in [-0.2, -0.15) is 0 Å². The topological polar surface area (TPSA) is 89.3 Å². The molecule has 110 valence electrons. The second-order valence-corrected chi connectivity index (χ2v) is 7.30. The number of carbonyl (C=O) groups is 1. The molecule has 1 amide bonds. The molecular formula is C14H13BrN2O3S. The number of benzene rings is 2. The number of para-hydroxylation sites is 1. The summed E-state index contributed by atoms with van der Waals surface area (Å²) in [4.78, 5) is 12.3. The van der Waals surface area contributed by atoms with Crippen LogP contribution in [0, 0.1) is 0 Å². The van der Waals surface area contributed by atoms with Crippen molar-refractivity contribution in [1.82, 2.24) is 0 Å². The molecule has 0 bridgehead atoms. The molecular weight excluding hydrogens is 356 g/mol. The van der Waals surface area contributed by atoms with Gasteiger partial charge in [-0.1, -0.05) is 12.1 Å². The molecule has 0 radical (unpaired) electrons. The van der Waals surface area contributed by atoms with E-state index in [9.17, 15) is 13.2 Å². The summed E-state index contributed by atoms with van der Waals surface area (Å²) in [7, 11) is -3.43. The van der Waals surface area contributed by atoms with Crippen LogP contribution < -0.4 is 11.1 Å². The molecule has 3 N–H and O–H groups in total. The number of hydrogen-bond donors (Lipinski definition) is 2. The van der Waals surface area contributed by atoms with Gasteiger partial charge in [0.05, 0.1) is 16.1 Å². The van der Waals surface area contributed by atoms with Gasteiger partial charge in [-0.25, -0.2) is 8.42 Å². The predicted molar refractivity (Wildman–Crippen MR) is 86.1 cm³/mol. The van der Waals surface area contributed by atoms with Crippen LogP contribution in [0.1, 0.15) is 10.4 Å². The standard InChI is InChI=1S/C14H13BrN2O3S/c1-21(19,20)13-5-3-2-4-12(13)17-14(18)10-8-9(16)6-7-11(10)15/h2-8H,16H2,1H3,(H,17,18). The van der Waals surface area contributed by atoms with E-state index in [0.717, 1.165) is 6.26 Å². The number of hydrogen-bond acceptors (Lipinski definition) is 4. The van der Waals surface area contributed by atoms with Crippen LogP contribution >= 0.6 is 15.9 Å². The lowest BCUT2D eigenvalue weighted by Crippen LogP contribution is -2.15. The number of nitrogens with one attached hydrogen (secondary N) is 1. The third kappa shape index (κ3) is 3.62. The summed E-state index contributed by atoms with van der Waals surface area (Å²) in [6.45, 7) is 0. The van der Waals surface area contributed by atoms with Gasteiger partial charge in [0.1, 0.15) is 0 Å². The van der Waals surface area contributed by atoms with Crippen molar-refractivity contribution in [3.63, 3.8) is 0 Å². The maximum absolute atomic E-state index is 12.3. The molecule has 7 heteroatoms. The molecule has 21 heavy (non-hydrogen) atoms. The maximum atomic E-state index is 12.3. The van der Waals surface area contributed by atoms with E-state index in [0.29, 0.717) is 15.7 Å². The largest absolute Gasteiger partial charge is 0.399 e. The van der Waals surface area contributed by atoms with Crippen LogP contribution in [0.3, 0.4) is 0 Å². The molecule has 0 aromatic heterocycles. The van der Waals surface area contributed by atoms with E-state index < -0.39 is 15.7 Å². The molecule has 0 heterocycles. The van der Waals surface area contributed by atoms with Gasteiger partial charge in [0, 0.05) is 16.4 Å². The zero-order valence-corrected chi connectivity index (χ0v) is 13.5. The second kappa shape index (κ2) is 5.87. The maximum Gasteiger partial charge on any atom is 0.256 e. The number of sulfone groups is 1. The third-order valence-corrected chi connectivity index (χ3v) is 4.62. The Morgan fingerprint density at radius 2 is 1.86 bits per heavy atom. The highest BCUT2D eigenvalue weighted by Crippen LogP contribution is 2.24. The number of halogens is 1. The molecule has 0 aliphatic heterocycles. The molecule has 0 spiro atoms. The molecule has 2 aromatic carbocycles. The fourth-order valence-corrected chi connectivity index (χ4v) is 3.07. The lowest BCUT2D eigenvalue weighted by atomic mass is 10.2. The minimum absolute atomic E-state index is 0.0679. The van der Waals surface area contributed by atoms with Crippen LogP contribution in [0.15, 0.2) is 51.8 Å². The highest BCUT2D eigenvalue weighted by Gasteiger charge is 2.16. The van der Waals surface area contributed by atoms with Crippen LogP contribution in [-0.4, -0.2) is 20.6 Å². The van der Waals surface area contributed by atoms with Gasteiger partial charge in [-0.3, -0.25) is 4.79 Å². The number of rotatable bonds is 3. The quantitative estimate of drug-likeness (QED) is 0.815. The smallest absolute Gasteiger partial charge is 0.256 e. The van der Waals surface area contributed by atoms with Crippen molar-refractivity contribution in [3.8, 4) is 0 Å². The van der Waals surface area contributed by atoms with Gasteiger partial charge >= 0.3 is 0 Å². The number of anilines is 2. The molecule has 0 fully saturated rings. The first kappa shape index (κ1) is 15.5. The minimum Gasteiger partial charge on any atom is -0.399 e. The Kier molecular flexibility index (Phi) is 4.34. The first-order valence-electron chi connectivity index (χ1n) is 5.94. The van der Waals surface area contributed by atoms with Crippen LogP contribution in [0.5, 0.6) is 0 Å². The van der Waals surface area contributed by atoms with E-state index in [-0.39, 0.29) is 10.6 Å². The Morgan fingerprint density at radius 3 is 2.52 bits per heavy atom. The van der Waals surface area contributed by atoms with Crippen LogP contribution in [0.25, 0.3) is 0 Å². The Morgan fingerprint density at radius 1 is 1.19 bits per heavy atom. The summed E-state index contributed by atoms with van der Waals surface area (Å²) >= 11 is 3.27. The van der Waals surface area contributed by atoms with Gasteiger partial charge in [-0.15, -0.1) is 0 Å². The fourth-order valence-electron chi connectivity index (χ4n) is 1.80. The van der Waals surface area contributed by atoms with E-state index in [1.807, 2.05) is 0 Å². The first-order valence-corrected chi connectivity index (χ1v) is 8.63. The number of nitrogen functional groups attached to an aromatic ring is 1. The normalized spacial score (nSPS) is 11.1. The van der Waals surface area contributed by atoms with Crippen molar-refractivity contribution in [1.29, 1.82) is 0 Å². The summed E-state index contributed by atoms with van der Waals surface area (Å²) in [6.07, 6.45) is 1.09. The zero-order valence-electron chi connectivity index (χ0n) is 11.1. The van der Waals surface area contributed by atoms with E-state index >= 15 is 0 Å². The SMILES string of the molecule is CS(=O)(=O)c1ccccc1NC(=O)c1cc(N)ccc1Br. The third-order valence-electron chi connectivity index (χ3n) is 2.77. The average Bonchev–Trinajstić information content (AvgIpc) is 2.41. The van der Waals surface area contributed by atoms with Crippen LogP contribution in [-0.2, 0) is 9.84 Å². The highest BCUT2D eigenvalue weighted by atomic mass is 79.9. The summed E-state index contributed by atoms with van der Waals surface area (Å²) in [6, 6.07) is 11.1. The van der Waals surface area contributed by atoms with Gasteiger partial charge in [0.2, 0.25) is 0 Å². The van der Waals surface area contributed by atoms with Gasteiger partial charge in [-0.05, 0) is 46.3 Å². The Balaban J connectivity index is 2.39. The summed E-state index contributed by atoms with van der Waals surface area (Å²) in [5.41, 5.74) is 6.67. The number of amides is 1. The summed E-state index contributed by atoms with van der Waals surface area (Å²) in [5.74, 6) is -0.440. The molecule has 0 aliphatic carbocycles. The molecule has 0 aliphatic rings. The Hall–Kier alpha value is -1.86. The Bertz CT molecular complexity index is 804. The summed E-state index contributed by atoms with van der Waals surface area (Å²) in [5, 5.41) is 2.60. The molecule has 0 atom stereocenters. The molecule has 0 saturated heterocycles. The van der Waals surface area contributed by atoms with Crippen molar-refractivity contribution < 1.29 is 13.2 Å². The molecule has 5 nitrogen and oxygen atoms in total. The van der Waals surface area contributed by atoms with Crippen molar-refractivity contribution in [2.24, 2.45) is 0 Å². The molecule has 2 rings (SSSR count). The molecule has 0 saturated carbocycles.